The molecular weight excluding hydrogens is 294 g/mol. The summed E-state index contributed by atoms with van der Waals surface area (Å²) in [5.41, 5.74) is 1.08. The molecule has 0 bridgehead atoms. The van der Waals surface area contributed by atoms with Gasteiger partial charge in [0.25, 0.3) is 0 Å². The van der Waals surface area contributed by atoms with Crippen molar-refractivity contribution in [1.29, 1.82) is 0 Å². The lowest BCUT2D eigenvalue weighted by Gasteiger charge is -2.36. The quantitative estimate of drug-likeness (QED) is 0.808. The summed E-state index contributed by atoms with van der Waals surface area (Å²) in [6.45, 7) is 4.57. The van der Waals surface area contributed by atoms with Gasteiger partial charge >= 0.3 is 0 Å². The predicted octanol–water partition coefficient (Wildman–Crippen LogP) is 2.52. The second-order valence-corrected chi connectivity index (χ2v) is 6.54. The molecule has 0 atom stereocenters. The van der Waals surface area contributed by atoms with Gasteiger partial charge in [0.2, 0.25) is 5.91 Å². The Hall–Kier alpha value is -1.75. The Morgan fingerprint density at radius 1 is 1.22 bits per heavy atom. The molecule has 1 amide bonds. The van der Waals surface area contributed by atoms with E-state index in [9.17, 15) is 4.79 Å². The van der Waals surface area contributed by atoms with E-state index >= 15 is 0 Å². The van der Waals surface area contributed by atoms with Crippen LogP contribution in [0.25, 0.3) is 0 Å². The maximum atomic E-state index is 12.5. The molecule has 1 aromatic rings. The van der Waals surface area contributed by atoms with Crippen molar-refractivity contribution in [2.75, 3.05) is 41.0 Å². The van der Waals surface area contributed by atoms with E-state index in [1.54, 1.807) is 14.2 Å². The first kappa shape index (κ1) is 17.6. The van der Waals surface area contributed by atoms with E-state index in [1.165, 1.54) is 0 Å². The average molecular weight is 321 g/mol. The molecule has 0 radical (unpaired) electrons. The largest absolute Gasteiger partial charge is 0.493 e. The molecule has 0 N–H and O–H groups in total. The third-order valence-corrected chi connectivity index (χ3v) is 4.55. The van der Waals surface area contributed by atoms with Crippen LogP contribution >= 0.6 is 0 Å². The molecule has 0 unspecified atom stereocenters. The van der Waals surface area contributed by atoms with E-state index in [0.29, 0.717) is 17.9 Å². The third kappa shape index (κ3) is 4.61. The average Bonchev–Trinajstić information content (AvgIpc) is 2.54. The van der Waals surface area contributed by atoms with Crippen LogP contribution in [0.5, 0.6) is 11.5 Å². The van der Waals surface area contributed by atoms with Crippen molar-refractivity contribution in [2.24, 2.45) is 5.41 Å². The lowest BCUT2D eigenvalue weighted by Crippen LogP contribution is -2.41. The van der Waals surface area contributed by atoms with Crippen molar-refractivity contribution < 1.29 is 19.0 Å². The summed E-state index contributed by atoms with van der Waals surface area (Å²) in [5, 5.41) is 0. The van der Waals surface area contributed by atoms with Crippen LogP contribution in [0, 0.1) is 5.41 Å². The van der Waals surface area contributed by atoms with Gasteiger partial charge in [0, 0.05) is 26.8 Å². The molecule has 1 aliphatic rings. The molecule has 0 aromatic heterocycles. The highest BCUT2D eigenvalue weighted by Gasteiger charge is 2.30. The fourth-order valence-electron chi connectivity index (χ4n) is 2.98. The van der Waals surface area contributed by atoms with Gasteiger partial charge in [-0.1, -0.05) is 13.0 Å². The SMILES string of the molecule is COc1ccc(CC(=O)N(C)CC2(C)CCOCC2)cc1OC. The fourth-order valence-corrected chi connectivity index (χ4v) is 2.98. The minimum absolute atomic E-state index is 0.116. The predicted molar refractivity (Wildman–Crippen MR) is 89.0 cm³/mol. The van der Waals surface area contributed by atoms with E-state index in [2.05, 4.69) is 6.92 Å². The van der Waals surface area contributed by atoms with Crippen molar-refractivity contribution in [3.05, 3.63) is 23.8 Å². The van der Waals surface area contributed by atoms with Crippen molar-refractivity contribution >= 4 is 5.91 Å². The number of hydrogen-bond donors (Lipinski definition) is 0. The number of carbonyl (C=O) groups excluding carboxylic acids is 1. The number of ether oxygens (including phenoxy) is 3. The topological polar surface area (TPSA) is 48.0 Å². The van der Waals surface area contributed by atoms with Crippen molar-refractivity contribution in [3.63, 3.8) is 0 Å². The Balaban J connectivity index is 1.98. The second-order valence-electron chi connectivity index (χ2n) is 6.54. The van der Waals surface area contributed by atoms with Gasteiger partial charge in [-0.15, -0.1) is 0 Å². The highest BCUT2D eigenvalue weighted by atomic mass is 16.5. The van der Waals surface area contributed by atoms with Gasteiger partial charge in [-0.2, -0.15) is 0 Å². The minimum atomic E-state index is 0.116. The summed E-state index contributed by atoms with van der Waals surface area (Å²) in [4.78, 5) is 14.3. The number of hydrogen-bond acceptors (Lipinski definition) is 4. The van der Waals surface area contributed by atoms with Gasteiger partial charge in [-0.25, -0.2) is 0 Å². The Kier molecular flexibility index (Phi) is 5.88. The summed E-state index contributed by atoms with van der Waals surface area (Å²) < 4.78 is 15.9. The van der Waals surface area contributed by atoms with Crippen molar-refractivity contribution in [2.45, 2.75) is 26.2 Å². The molecule has 1 aliphatic heterocycles. The maximum Gasteiger partial charge on any atom is 0.226 e. The molecule has 128 valence electrons. The van der Waals surface area contributed by atoms with Gasteiger partial charge in [0.1, 0.15) is 0 Å². The summed E-state index contributed by atoms with van der Waals surface area (Å²) in [6, 6.07) is 5.60. The van der Waals surface area contributed by atoms with E-state index in [4.69, 9.17) is 14.2 Å². The number of rotatable bonds is 6. The summed E-state index contributed by atoms with van der Waals surface area (Å²) >= 11 is 0. The van der Waals surface area contributed by atoms with Crippen LogP contribution in [-0.2, 0) is 16.0 Å². The molecular formula is C18H27NO4. The minimum Gasteiger partial charge on any atom is -0.493 e. The monoisotopic (exact) mass is 321 g/mol. The van der Waals surface area contributed by atoms with Crippen LogP contribution in [0.4, 0.5) is 0 Å². The fraction of sp³-hybridized carbons (Fsp3) is 0.611. The lowest BCUT2D eigenvalue weighted by molar-refractivity contribution is -0.131. The molecule has 0 saturated carbocycles. The molecule has 1 aromatic carbocycles. The molecule has 1 heterocycles. The Bertz CT molecular complexity index is 538. The van der Waals surface area contributed by atoms with Crippen LogP contribution in [0.1, 0.15) is 25.3 Å². The molecule has 0 spiro atoms. The molecule has 5 nitrogen and oxygen atoms in total. The van der Waals surface area contributed by atoms with Gasteiger partial charge in [-0.05, 0) is 36.0 Å². The zero-order valence-electron chi connectivity index (χ0n) is 14.6. The zero-order valence-corrected chi connectivity index (χ0v) is 14.6. The molecule has 5 heteroatoms. The standard InChI is InChI=1S/C18H27NO4/c1-18(7-9-23-10-8-18)13-19(2)17(20)12-14-5-6-15(21-3)16(11-14)22-4/h5-6,11H,7-10,12-13H2,1-4H3. The molecule has 2 rings (SSSR count). The van der Waals surface area contributed by atoms with Gasteiger partial charge < -0.3 is 19.1 Å². The van der Waals surface area contributed by atoms with E-state index in [1.807, 2.05) is 30.1 Å². The Morgan fingerprint density at radius 2 is 1.87 bits per heavy atom. The maximum absolute atomic E-state index is 12.5. The van der Waals surface area contributed by atoms with Crippen LogP contribution < -0.4 is 9.47 Å². The number of benzene rings is 1. The van der Waals surface area contributed by atoms with E-state index in [0.717, 1.165) is 38.2 Å². The number of carbonyl (C=O) groups is 1. The Labute approximate surface area is 138 Å². The summed E-state index contributed by atoms with van der Waals surface area (Å²) in [5.74, 6) is 1.44. The zero-order chi connectivity index (χ0) is 16.9. The highest BCUT2D eigenvalue weighted by molar-refractivity contribution is 5.78. The first-order chi connectivity index (χ1) is 11.0. The second kappa shape index (κ2) is 7.68. The lowest BCUT2D eigenvalue weighted by atomic mass is 9.82. The van der Waals surface area contributed by atoms with Crippen LogP contribution in [0.2, 0.25) is 0 Å². The Morgan fingerprint density at radius 3 is 2.48 bits per heavy atom. The number of methoxy groups -OCH3 is 2. The van der Waals surface area contributed by atoms with Crippen molar-refractivity contribution in [3.8, 4) is 11.5 Å². The molecule has 1 fully saturated rings. The highest BCUT2D eigenvalue weighted by Crippen LogP contribution is 2.31. The number of nitrogens with zero attached hydrogens (tertiary/aromatic N) is 1. The van der Waals surface area contributed by atoms with E-state index in [-0.39, 0.29) is 11.3 Å². The number of likely N-dealkylation sites (N-methyl/N-ethyl adjacent to an activating group) is 1. The summed E-state index contributed by atoms with van der Waals surface area (Å²) in [7, 11) is 5.08. The third-order valence-electron chi connectivity index (χ3n) is 4.55. The van der Waals surface area contributed by atoms with Crippen LogP contribution in [0.3, 0.4) is 0 Å². The molecule has 0 aliphatic carbocycles. The summed E-state index contributed by atoms with van der Waals surface area (Å²) in [6.07, 6.45) is 2.37. The van der Waals surface area contributed by atoms with E-state index < -0.39 is 0 Å². The molecule has 23 heavy (non-hydrogen) atoms. The first-order valence-corrected chi connectivity index (χ1v) is 8.00. The van der Waals surface area contributed by atoms with Gasteiger partial charge in [0.05, 0.1) is 20.6 Å². The number of amides is 1. The van der Waals surface area contributed by atoms with Gasteiger partial charge in [-0.3, -0.25) is 4.79 Å². The van der Waals surface area contributed by atoms with Crippen LogP contribution in [-0.4, -0.2) is 51.8 Å². The molecule has 1 saturated heterocycles. The van der Waals surface area contributed by atoms with Crippen LogP contribution in [0.15, 0.2) is 18.2 Å². The van der Waals surface area contributed by atoms with Gasteiger partial charge in [0.15, 0.2) is 11.5 Å². The smallest absolute Gasteiger partial charge is 0.226 e. The van der Waals surface area contributed by atoms with Crippen molar-refractivity contribution in [1.82, 2.24) is 4.90 Å². The first-order valence-electron chi connectivity index (χ1n) is 8.00. The normalized spacial score (nSPS) is 16.7.